The fourth-order valence-electron chi connectivity index (χ4n) is 3.41. The first-order valence-electron chi connectivity index (χ1n) is 9.33. The van der Waals surface area contributed by atoms with Crippen molar-refractivity contribution in [2.45, 2.75) is 30.7 Å². The number of non-ortho nitro benzene ring substituents is 1. The van der Waals surface area contributed by atoms with Crippen LogP contribution in [-0.2, 0) is 14.8 Å². The SMILES string of the molecule is CCCC1NC(=O)N(CN2CCN(S(=O)(=O)c3cccc([N+](=O)[O-])c3)CC2)C1=O. The minimum Gasteiger partial charge on any atom is -0.326 e. The molecule has 1 N–H and O–H groups in total. The van der Waals surface area contributed by atoms with E-state index in [1.165, 1.54) is 22.5 Å². The van der Waals surface area contributed by atoms with Crippen LogP contribution in [-0.4, -0.2) is 78.3 Å². The van der Waals surface area contributed by atoms with Crippen LogP contribution in [0.5, 0.6) is 0 Å². The highest BCUT2D eigenvalue weighted by Crippen LogP contribution is 2.22. The van der Waals surface area contributed by atoms with Gasteiger partial charge in [-0.05, 0) is 12.5 Å². The van der Waals surface area contributed by atoms with E-state index in [-0.39, 0.29) is 36.2 Å². The maximum absolute atomic E-state index is 12.8. The van der Waals surface area contributed by atoms with Gasteiger partial charge in [-0.25, -0.2) is 18.1 Å². The Balaban J connectivity index is 1.62. The van der Waals surface area contributed by atoms with Crippen LogP contribution in [0.15, 0.2) is 29.2 Å². The molecule has 0 bridgehead atoms. The highest BCUT2D eigenvalue weighted by atomic mass is 32.2. The number of nitrogens with one attached hydrogen (secondary N) is 1. The fourth-order valence-corrected chi connectivity index (χ4v) is 4.88. The van der Waals surface area contributed by atoms with E-state index in [0.717, 1.165) is 17.4 Å². The van der Waals surface area contributed by atoms with Gasteiger partial charge >= 0.3 is 6.03 Å². The van der Waals surface area contributed by atoms with Gasteiger partial charge in [0.25, 0.3) is 11.6 Å². The molecular formula is C17H23N5O6S. The normalized spacial score (nSPS) is 21.4. The molecule has 0 aliphatic carbocycles. The minimum atomic E-state index is -3.86. The number of hydrogen-bond donors (Lipinski definition) is 1. The summed E-state index contributed by atoms with van der Waals surface area (Å²) in [6.45, 7) is 3.03. The van der Waals surface area contributed by atoms with E-state index in [0.29, 0.717) is 19.5 Å². The monoisotopic (exact) mass is 425 g/mol. The van der Waals surface area contributed by atoms with Gasteiger partial charge in [0.05, 0.1) is 16.5 Å². The molecule has 2 fully saturated rings. The summed E-state index contributed by atoms with van der Waals surface area (Å²) in [7, 11) is -3.86. The highest BCUT2D eigenvalue weighted by Gasteiger charge is 2.39. The lowest BCUT2D eigenvalue weighted by Gasteiger charge is -2.35. The molecule has 29 heavy (non-hydrogen) atoms. The zero-order chi connectivity index (χ0) is 21.2. The van der Waals surface area contributed by atoms with Crippen molar-refractivity contribution in [3.05, 3.63) is 34.4 Å². The molecule has 0 saturated carbocycles. The van der Waals surface area contributed by atoms with Gasteiger partial charge in [-0.15, -0.1) is 0 Å². The molecule has 2 saturated heterocycles. The van der Waals surface area contributed by atoms with E-state index < -0.39 is 27.0 Å². The Morgan fingerprint density at radius 1 is 1.21 bits per heavy atom. The molecule has 1 unspecified atom stereocenters. The quantitative estimate of drug-likeness (QED) is 0.384. The van der Waals surface area contributed by atoms with Crippen LogP contribution in [0.3, 0.4) is 0 Å². The van der Waals surface area contributed by atoms with Crippen molar-refractivity contribution < 1.29 is 22.9 Å². The van der Waals surface area contributed by atoms with Gasteiger partial charge in [0, 0.05) is 38.3 Å². The van der Waals surface area contributed by atoms with Gasteiger partial charge in [-0.3, -0.25) is 19.8 Å². The Labute approximate surface area is 168 Å². The lowest BCUT2D eigenvalue weighted by Crippen LogP contribution is -2.52. The van der Waals surface area contributed by atoms with Gasteiger partial charge in [0.1, 0.15) is 6.04 Å². The minimum absolute atomic E-state index is 0.107. The average molecular weight is 425 g/mol. The summed E-state index contributed by atoms with van der Waals surface area (Å²) in [5.74, 6) is -0.261. The number of imide groups is 1. The second-order valence-electron chi connectivity index (χ2n) is 6.98. The standard InChI is InChI=1S/C17H23N5O6S/c1-2-4-15-16(23)21(17(24)18-15)12-19-7-9-20(10-8-19)29(27,28)14-6-3-5-13(11-14)22(25)26/h3,5-6,11,15H,2,4,7-10,12H2,1H3,(H,18,24). The number of amides is 3. The third-order valence-electron chi connectivity index (χ3n) is 5.02. The van der Waals surface area contributed by atoms with Crippen LogP contribution in [0.4, 0.5) is 10.5 Å². The molecule has 0 aromatic heterocycles. The second kappa shape index (κ2) is 8.43. The number of nitro benzene ring substituents is 1. The van der Waals surface area contributed by atoms with Crippen molar-refractivity contribution in [1.29, 1.82) is 0 Å². The molecule has 1 atom stereocenters. The highest BCUT2D eigenvalue weighted by molar-refractivity contribution is 7.89. The maximum Gasteiger partial charge on any atom is 0.325 e. The number of carbonyl (C=O) groups is 2. The number of carbonyl (C=O) groups excluding carboxylic acids is 2. The van der Waals surface area contributed by atoms with Crippen LogP contribution in [0.1, 0.15) is 19.8 Å². The third kappa shape index (κ3) is 4.38. The third-order valence-corrected chi connectivity index (χ3v) is 6.92. The molecule has 2 heterocycles. The number of benzene rings is 1. The second-order valence-corrected chi connectivity index (χ2v) is 8.91. The molecule has 1 aromatic carbocycles. The first-order valence-corrected chi connectivity index (χ1v) is 10.8. The maximum atomic E-state index is 12.8. The number of urea groups is 1. The predicted octanol–water partition coefficient (Wildman–Crippen LogP) is 0.579. The van der Waals surface area contributed by atoms with Crippen molar-refractivity contribution in [2.75, 3.05) is 32.8 Å². The largest absolute Gasteiger partial charge is 0.326 e. The van der Waals surface area contributed by atoms with E-state index in [1.807, 2.05) is 11.8 Å². The summed E-state index contributed by atoms with van der Waals surface area (Å²) < 4.78 is 26.8. The fraction of sp³-hybridized carbons (Fsp3) is 0.529. The van der Waals surface area contributed by atoms with Gasteiger partial charge < -0.3 is 5.32 Å². The summed E-state index contributed by atoms with van der Waals surface area (Å²) in [6, 6.07) is 4.02. The van der Waals surface area contributed by atoms with Crippen LogP contribution in [0.2, 0.25) is 0 Å². The first-order chi connectivity index (χ1) is 13.7. The van der Waals surface area contributed by atoms with Gasteiger partial charge in [-0.1, -0.05) is 19.4 Å². The first kappa shape index (κ1) is 21.1. The van der Waals surface area contributed by atoms with Crippen molar-refractivity contribution in [2.24, 2.45) is 0 Å². The number of piperazine rings is 1. The number of nitro groups is 1. The van der Waals surface area contributed by atoms with Crippen LogP contribution in [0.25, 0.3) is 0 Å². The molecule has 12 heteroatoms. The van der Waals surface area contributed by atoms with Crippen LogP contribution < -0.4 is 5.32 Å². The van der Waals surface area contributed by atoms with Crippen molar-refractivity contribution in [3.63, 3.8) is 0 Å². The Hall–Kier alpha value is -2.57. The summed E-state index contributed by atoms with van der Waals surface area (Å²) in [4.78, 5) is 37.5. The zero-order valence-electron chi connectivity index (χ0n) is 16.0. The van der Waals surface area contributed by atoms with E-state index in [2.05, 4.69) is 5.32 Å². The Bertz CT molecular complexity index is 913. The molecule has 1 aromatic rings. The Morgan fingerprint density at radius 2 is 1.90 bits per heavy atom. The molecule has 158 valence electrons. The topological polar surface area (TPSA) is 133 Å². The molecule has 3 amide bonds. The van der Waals surface area contributed by atoms with E-state index in [4.69, 9.17) is 0 Å². The van der Waals surface area contributed by atoms with Gasteiger partial charge in [0.15, 0.2) is 0 Å². The molecule has 11 nitrogen and oxygen atoms in total. The average Bonchev–Trinajstić information content (AvgIpc) is 2.96. The summed E-state index contributed by atoms with van der Waals surface area (Å²) >= 11 is 0. The van der Waals surface area contributed by atoms with Crippen molar-refractivity contribution in [3.8, 4) is 0 Å². The van der Waals surface area contributed by atoms with E-state index in [1.54, 1.807) is 0 Å². The molecule has 0 radical (unpaired) electrons. The number of rotatable bonds is 7. The molecule has 2 aliphatic heterocycles. The Morgan fingerprint density at radius 3 is 2.52 bits per heavy atom. The van der Waals surface area contributed by atoms with Crippen molar-refractivity contribution >= 4 is 27.6 Å². The number of hydrogen-bond acceptors (Lipinski definition) is 7. The zero-order valence-corrected chi connectivity index (χ0v) is 16.8. The lowest BCUT2D eigenvalue weighted by atomic mass is 10.2. The van der Waals surface area contributed by atoms with E-state index >= 15 is 0 Å². The van der Waals surface area contributed by atoms with Crippen LogP contribution >= 0.6 is 0 Å². The number of nitrogens with zero attached hydrogens (tertiary/aromatic N) is 4. The van der Waals surface area contributed by atoms with Gasteiger partial charge in [-0.2, -0.15) is 4.31 Å². The van der Waals surface area contributed by atoms with Gasteiger partial charge in [0.2, 0.25) is 10.0 Å². The summed E-state index contributed by atoms with van der Waals surface area (Å²) in [5.41, 5.74) is -0.287. The molecule has 0 spiro atoms. The summed E-state index contributed by atoms with van der Waals surface area (Å²) in [5, 5.41) is 13.6. The van der Waals surface area contributed by atoms with Crippen LogP contribution in [0, 0.1) is 10.1 Å². The van der Waals surface area contributed by atoms with E-state index in [9.17, 15) is 28.1 Å². The Kier molecular flexibility index (Phi) is 6.15. The van der Waals surface area contributed by atoms with Crippen molar-refractivity contribution in [1.82, 2.24) is 19.4 Å². The summed E-state index contributed by atoms with van der Waals surface area (Å²) in [6.07, 6.45) is 1.36. The number of sulfonamides is 1. The molecule has 3 rings (SSSR count). The lowest BCUT2D eigenvalue weighted by molar-refractivity contribution is -0.385. The smallest absolute Gasteiger partial charge is 0.325 e. The predicted molar refractivity (Wildman–Crippen MR) is 102 cm³/mol. The molecule has 2 aliphatic rings. The molecular weight excluding hydrogens is 402 g/mol.